The van der Waals surface area contributed by atoms with Gasteiger partial charge in [0.25, 0.3) is 5.91 Å². The number of hydrogen-bond acceptors (Lipinski definition) is 3. The van der Waals surface area contributed by atoms with Crippen molar-refractivity contribution in [3.63, 3.8) is 0 Å². The molecular formula is C20H24N2O2S. The van der Waals surface area contributed by atoms with E-state index in [0.717, 1.165) is 16.8 Å². The SMILES string of the molecule is Cc1cccc(NC(=S)NC(=O)c2cccc(OCC(C)C)c2)c1C. The van der Waals surface area contributed by atoms with Crippen LogP contribution in [-0.2, 0) is 0 Å². The van der Waals surface area contributed by atoms with Crippen molar-refractivity contribution >= 4 is 28.9 Å². The van der Waals surface area contributed by atoms with Gasteiger partial charge in [-0.1, -0.05) is 32.0 Å². The highest BCUT2D eigenvalue weighted by molar-refractivity contribution is 7.80. The molecule has 0 saturated carbocycles. The Morgan fingerprint density at radius 1 is 1.16 bits per heavy atom. The van der Waals surface area contributed by atoms with E-state index in [1.165, 1.54) is 0 Å². The molecule has 0 aromatic heterocycles. The largest absolute Gasteiger partial charge is 0.493 e. The van der Waals surface area contributed by atoms with E-state index >= 15 is 0 Å². The molecule has 132 valence electrons. The van der Waals surface area contributed by atoms with Gasteiger partial charge in [0.15, 0.2) is 5.11 Å². The Morgan fingerprint density at radius 2 is 1.88 bits per heavy atom. The molecule has 0 heterocycles. The Labute approximate surface area is 154 Å². The van der Waals surface area contributed by atoms with E-state index in [4.69, 9.17) is 17.0 Å². The normalized spacial score (nSPS) is 10.4. The number of anilines is 1. The summed E-state index contributed by atoms with van der Waals surface area (Å²) >= 11 is 5.26. The van der Waals surface area contributed by atoms with Gasteiger partial charge in [0.2, 0.25) is 0 Å². The van der Waals surface area contributed by atoms with Gasteiger partial charge in [-0.25, -0.2) is 0 Å². The van der Waals surface area contributed by atoms with Crippen molar-refractivity contribution in [2.45, 2.75) is 27.7 Å². The molecule has 0 aliphatic carbocycles. The van der Waals surface area contributed by atoms with E-state index in [9.17, 15) is 4.79 Å². The minimum absolute atomic E-state index is 0.266. The van der Waals surface area contributed by atoms with E-state index in [-0.39, 0.29) is 11.0 Å². The fraction of sp³-hybridized carbons (Fsp3) is 0.300. The fourth-order valence-corrected chi connectivity index (χ4v) is 2.41. The van der Waals surface area contributed by atoms with E-state index in [2.05, 4.69) is 24.5 Å². The molecule has 4 nitrogen and oxygen atoms in total. The average Bonchev–Trinajstić information content (AvgIpc) is 2.57. The number of aryl methyl sites for hydroxylation is 1. The lowest BCUT2D eigenvalue weighted by atomic mass is 10.1. The third-order valence-electron chi connectivity index (χ3n) is 3.76. The minimum Gasteiger partial charge on any atom is -0.493 e. The number of nitrogens with one attached hydrogen (secondary N) is 2. The van der Waals surface area contributed by atoms with Crippen molar-refractivity contribution in [3.8, 4) is 5.75 Å². The predicted molar refractivity (Wildman–Crippen MR) is 106 cm³/mol. The van der Waals surface area contributed by atoms with Crippen molar-refractivity contribution in [2.24, 2.45) is 5.92 Å². The molecule has 1 amide bonds. The third-order valence-corrected chi connectivity index (χ3v) is 3.96. The zero-order valence-electron chi connectivity index (χ0n) is 15.1. The lowest BCUT2D eigenvalue weighted by molar-refractivity contribution is 0.0977. The van der Waals surface area contributed by atoms with Gasteiger partial charge in [0, 0.05) is 11.3 Å². The first-order valence-electron chi connectivity index (χ1n) is 8.28. The standard InChI is InChI=1S/C20H24N2O2S/c1-13(2)12-24-17-9-6-8-16(11-17)19(23)22-20(25)21-18-10-5-7-14(3)15(18)4/h5-11,13H,12H2,1-4H3,(H2,21,22,23,25). The molecule has 0 aliphatic heterocycles. The number of rotatable bonds is 5. The third kappa shape index (κ3) is 5.57. The lowest BCUT2D eigenvalue weighted by Gasteiger charge is -2.13. The smallest absolute Gasteiger partial charge is 0.257 e. The second-order valence-electron chi connectivity index (χ2n) is 6.39. The molecule has 0 bridgehead atoms. The molecule has 0 spiro atoms. The number of carbonyl (C=O) groups excluding carboxylic acids is 1. The van der Waals surface area contributed by atoms with Gasteiger partial charge in [-0.2, -0.15) is 0 Å². The molecule has 0 atom stereocenters. The summed E-state index contributed by atoms with van der Waals surface area (Å²) in [6.45, 7) is 8.81. The van der Waals surface area contributed by atoms with Crippen LogP contribution in [0.4, 0.5) is 5.69 Å². The second kappa shape index (κ2) is 8.62. The Bertz CT molecular complexity index is 772. The first-order valence-corrected chi connectivity index (χ1v) is 8.69. The quantitative estimate of drug-likeness (QED) is 0.777. The Morgan fingerprint density at radius 3 is 2.60 bits per heavy atom. The zero-order valence-corrected chi connectivity index (χ0v) is 15.9. The minimum atomic E-state index is -0.266. The summed E-state index contributed by atoms with van der Waals surface area (Å²) in [5.74, 6) is 0.833. The summed E-state index contributed by atoms with van der Waals surface area (Å²) in [5, 5.41) is 6.05. The molecule has 2 aromatic carbocycles. The van der Waals surface area contributed by atoms with Crippen LogP contribution >= 0.6 is 12.2 Å². The molecule has 0 saturated heterocycles. The van der Waals surface area contributed by atoms with E-state index in [0.29, 0.717) is 23.8 Å². The van der Waals surface area contributed by atoms with E-state index in [1.54, 1.807) is 18.2 Å². The average molecular weight is 356 g/mol. The van der Waals surface area contributed by atoms with E-state index in [1.807, 2.05) is 38.1 Å². The van der Waals surface area contributed by atoms with Crippen LogP contribution in [0.3, 0.4) is 0 Å². The first kappa shape index (κ1) is 18.9. The molecule has 2 aromatic rings. The molecule has 2 N–H and O–H groups in total. The second-order valence-corrected chi connectivity index (χ2v) is 6.80. The number of benzene rings is 2. The molecular weight excluding hydrogens is 332 g/mol. The van der Waals surface area contributed by atoms with Crippen molar-refractivity contribution in [2.75, 3.05) is 11.9 Å². The number of hydrogen-bond donors (Lipinski definition) is 2. The molecule has 0 fully saturated rings. The van der Waals surface area contributed by atoms with Crippen LogP contribution in [0.25, 0.3) is 0 Å². The van der Waals surface area contributed by atoms with Gasteiger partial charge in [0.05, 0.1) is 6.61 Å². The first-order chi connectivity index (χ1) is 11.9. The summed E-state index contributed by atoms with van der Waals surface area (Å²) in [6, 6.07) is 13.0. The maximum absolute atomic E-state index is 12.4. The summed E-state index contributed by atoms with van der Waals surface area (Å²) in [6.07, 6.45) is 0. The Kier molecular flexibility index (Phi) is 6.53. The van der Waals surface area contributed by atoms with E-state index < -0.39 is 0 Å². The topological polar surface area (TPSA) is 50.4 Å². The summed E-state index contributed by atoms with van der Waals surface area (Å²) in [5.41, 5.74) is 3.66. The molecule has 25 heavy (non-hydrogen) atoms. The van der Waals surface area contributed by atoms with Crippen molar-refractivity contribution in [1.82, 2.24) is 5.32 Å². The van der Waals surface area contributed by atoms with Crippen LogP contribution in [0.15, 0.2) is 42.5 Å². The number of carbonyl (C=O) groups is 1. The maximum Gasteiger partial charge on any atom is 0.257 e. The Balaban J connectivity index is 2.00. The van der Waals surface area contributed by atoms with Crippen molar-refractivity contribution in [1.29, 1.82) is 0 Å². The van der Waals surface area contributed by atoms with Gasteiger partial charge >= 0.3 is 0 Å². The van der Waals surface area contributed by atoms with Crippen LogP contribution in [0.1, 0.15) is 35.3 Å². The Hall–Kier alpha value is -2.40. The molecule has 2 rings (SSSR count). The predicted octanol–water partition coefficient (Wildman–Crippen LogP) is 4.47. The van der Waals surface area contributed by atoms with Gasteiger partial charge < -0.3 is 10.1 Å². The highest BCUT2D eigenvalue weighted by Crippen LogP contribution is 2.18. The zero-order chi connectivity index (χ0) is 18.4. The van der Waals surface area contributed by atoms with Crippen LogP contribution in [0, 0.1) is 19.8 Å². The highest BCUT2D eigenvalue weighted by atomic mass is 32.1. The summed E-state index contributed by atoms with van der Waals surface area (Å²) < 4.78 is 5.66. The summed E-state index contributed by atoms with van der Waals surface area (Å²) in [4.78, 5) is 12.4. The number of amides is 1. The van der Waals surface area contributed by atoms with Gasteiger partial charge in [0.1, 0.15) is 5.75 Å². The molecule has 0 aliphatic rings. The summed E-state index contributed by atoms with van der Waals surface area (Å²) in [7, 11) is 0. The van der Waals surface area contributed by atoms with Crippen molar-refractivity contribution in [3.05, 3.63) is 59.2 Å². The lowest BCUT2D eigenvalue weighted by Crippen LogP contribution is -2.34. The van der Waals surface area contributed by atoms with Crippen LogP contribution in [-0.4, -0.2) is 17.6 Å². The van der Waals surface area contributed by atoms with Gasteiger partial charge in [-0.15, -0.1) is 0 Å². The molecule has 5 heteroatoms. The van der Waals surface area contributed by atoms with Gasteiger partial charge in [-0.3, -0.25) is 10.1 Å². The highest BCUT2D eigenvalue weighted by Gasteiger charge is 2.10. The molecule has 0 unspecified atom stereocenters. The number of thiocarbonyl (C=S) groups is 1. The van der Waals surface area contributed by atoms with Crippen LogP contribution in [0.2, 0.25) is 0 Å². The van der Waals surface area contributed by atoms with Crippen molar-refractivity contribution < 1.29 is 9.53 Å². The fourth-order valence-electron chi connectivity index (χ4n) is 2.21. The van der Waals surface area contributed by atoms with Crippen LogP contribution in [0.5, 0.6) is 5.75 Å². The number of ether oxygens (including phenoxy) is 1. The molecule has 0 radical (unpaired) electrons. The monoisotopic (exact) mass is 356 g/mol. The van der Waals surface area contributed by atoms with Crippen LogP contribution < -0.4 is 15.4 Å². The van der Waals surface area contributed by atoms with Gasteiger partial charge in [-0.05, 0) is 67.4 Å². The maximum atomic E-state index is 12.4.